The second-order valence-corrected chi connectivity index (χ2v) is 7.92. The van der Waals surface area contributed by atoms with Crippen LogP contribution in [0, 0.1) is 25.2 Å². The van der Waals surface area contributed by atoms with Gasteiger partial charge in [0.1, 0.15) is 17.9 Å². The Morgan fingerprint density at radius 3 is 2.39 bits per heavy atom. The van der Waals surface area contributed by atoms with Crippen molar-refractivity contribution in [3.63, 3.8) is 0 Å². The predicted octanol–water partition coefficient (Wildman–Crippen LogP) is 3.46. The first-order valence-corrected chi connectivity index (χ1v) is 10.6. The van der Waals surface area contributed by atoms with Gasteiger partial charge in [-0.2, -0.15) is 5.26 Å². The molecule has 7 nitrogen and oxygen atoms in total. The minimum atomic E-state index is -0.520. The molecule has 0 unspecified atom stereocenters. The van der Waals surface area contributed by atoms with Crippen molar-refractivity contribution in [2.75, 3.05) is 0 Å². The van der Waals surface area contributed by atoms with Crippen LogP contribution in [0.2, 0.25) is 0 Å². The van der Waals surface area contributed by atoms with Gasteiger partial charge in [-0.3, -0.25) is 20.2 Å². The molecule has 0 saturated carbocycles. The van der Waals surface area contributed by atoms with Crippen LogP contribution >= 0.6 is 12.2 Å². The third-order valence-corrected chi connectivity index (χ3v) is 5.54. The molecule has 2 N–H and O–H groups in total. The predicted molar refractivity (Wildman–Crippen MR) is 128 cm³/mol. The van der Waals surface area contributed by atoms with Gasteiger partial charge in [-0.15, -0.1) is 0 Å². The summed E-state index contributed by atoms with van der Waals surface area (Å²) in [6, 6.07) is 19.0. The first-order valence-electron chi connectivity index (χ1n) is 10.2. The minimum Gasteiger partial charge on any atom is -0.489 e. The summed E-state index contributed by atoms with van der Waals surface area (Å²) in [6.45, 7) is 4.18. The maximum atomic E-state index is 12.2. The molecule has 3 aromatic rings. The van der Waals surface area contributed by atoms with Crippen molar-refractivity contribution >= 4 is 35.2 Å². The molecule has 2 aromatic carbocycles. The molecule has 1 fully saturated rings. The Morgan fingerprint density at radius 1 is 1.06 bits per heavy atom. The average Bonchev–Trinajstić information content (AvgIpc) is 3.08. The highest BCUT2D eigenvalue weighted by Crippen LogP contribution is 2.25. The van der Waals surface area contributed by atoms with Crippen LogP contribution in [0.4, 0.5) is 0 Å². The summed E-state index contributed by atoms with van der Waals surface area (Å²) in [6.07, 6.45) is 1.56. The van der Waals surface area contributed by atoms with Gasteiger partial charge < -0.3 is 9.30 Å². The molecule has 1 aliphatic rings. The molecule has 4 rings (SSSR count). The summed E-state index contributed by atoms with van der Waals surface area (Å²) in [5, 5.41) is 14.1. The number of benzene rings is 2. The number of nitrogens with one attached hydrogen (secondary N) is 2. The smallest absolute Gasteiger partial charge is 0.263 e. The van der Waals surface area contributed by atoms with E-state index in [0.717, 1.165) is 28.2 Å². The van der Waals surface area contributed by atoms with E-state index in [9.17, 15) is 14.9 Å². The maximum absolute atomic E-state index is 12.2. The molecule has 2 amide bonds. The summed E-state index contributed by atoms with van der Waals surface area (Å²) in [5.74, 6) is -0.358. The van der Waals surface area contributed by atoms with Crippen LogP contribution in [-0.4, -0.2) is 21.5 Å². The van der Waals surface area contributed by atoms with Gasteiger partial charge in [0.2, 0.25) is 0 Å². The van der Waals surface area contributed by atoms with E-state index in [2.05, 4.69) is 16.7 Å². The fraction of sp³-hybridized carbons (Fsp3) is 0.120. The van der Waals surface area contributed by atoms with Crippen LogP contribution in [0.25, 0.3) is 11.8 Å². The number of nitriles is 1. The molecule has 1 aromatic heterocycles. The molecule has 2 heterocycles. The van der Waals surface area contributed by atoms with Crippen LogP contribution in [0.5, 0.6) is 5.75 Å². The average molecular weight is 457 g/mol. The highest BCUT2D eigenvalue weighted by molar-refractivity contribution is 7.80. The quantitative estimate of drug-likeness (QED) is 0.348. The van der Waals surface area contributed by atoms with E-state index in [0.29, 0.717) is 17.9 Å². The largest absolute Gasteiger partial charge is 0.489 e. The van der Waals surface area contributed by atoms with E-state index >= 15 is 0 Å². The van der Waals surface area contributed by atoms with E-state index in [-0.39, 0.29) is 10.7 Å². The first kappa shape index (κ1) is 22.0. The number of rotatable bonds is 5. The van der Waals surface area contributed by atoms with Crippen molar-refractivity contribution in [2.24, 2.45) is 0 Å². The molecule has 164 valence electrons. The molecule has 1 aliphatic heterocycles. The molecule has 0 spiro atoms. The molecule has 0 radical (unpaired) electrons. The second-order valence-electron chi connectivity index (χ2n) is 7.51. The maximum Gasteiger partial charge on any atom is 0.263 e. The highest BCUT2D eigenvalue weighted by atomic mass is 32.1. The molecule has 0 aliphatic carbocycles. The van der Waals surface area contributed by atoms with Crippen LogP contribution in [0.3, 0.4) is 0 Å². The number of ether oxygens (including phenoxy) is 1. The van der Waals surface area contributed by atoms with Crippen molar-refractivity contribution in [1.29, 1.82) is 5.26 Å². The monoisotopic (exact) mass is 456 g/mol. The number of aromatic nitrogens is 1. The van der Waals surface area contributed by atoms with Crippen LogP contribution in [0.15, 0.2) is 60.2 Å². The number of carbonyl (C=O) groups excluding carboxylic acids is 2. The van der Waals surface area contributed by atoms with Crippen LogP contribution in [0.1, 0.15) is 28.1 Å². The number of thiocarbonyl (C=S) groups is 1. The van der Waals surface area contributed by atoms with Crippen LogP contribution < -0.4 is 15.4 Å². The van der Waals surface area contributed by atoms with Gasteiger partial charge in [-0.1, -0.05) is 18.2 Å². The standard InChI is InChI=1S/C25H20N4O3S/c1-15-11-19(12-22-23(30)27-25(33)28-24(22)31)16(2)29(15)20-7-9-21(10-8-20)32-14-18-6-4-3-5-17(18)13-26/h3-12H,14H2,1-2H3,(H2,27,28,30,31,33). The van der Waals surface area contributed by atoms with E-state index in [1.54, 1.807) is 12.1 Å². The van der Waals surface area contributed by atoms with Crippen molar-refractivity contribution in [2.45, 2.75) is 20.5 Å². The van der Waals surface area contributed by atoms with Gasteiger partial charge in [0.05, 0.1) is 11.6 Å². The summed E-state index contributed by atoms with van der Waals surface area (Å²) in [4.78, 5) is 24.3. The molecule has 1 saturated heterocycles. The van der Waals surface area contributed by atoms with Crippen molar-refractivity contribution < 1.29 is 14.3 Å². The molecule has 8 heteroatoms. The minimum absolute atomic E-state index is 0.00486. The van der Waals surface area contributed by atoms with Gasteiger partial charge in [0.25, 0.3) is 11.8 Å². The summed E-state index contributed by atoms with van der Waals surface area (Å²) >= 11 is 4.84. The first-order chi connectivity index (χ1) is 15.9. The fourth-order valence-electron chi connectivity index (χ4n) is 3.70. The fourth-order valence-corrected chi connectivity index (χ4v) is 3.89. The zero-order valence-corrected chi connectivity index (χ0v) is 18.8. The number of hydrogen-bond donors (Lipinski definition) is 2. The number of aryl methyl sites for hydroxylation is 1. The van der Waals surface area contributed by atoms with Gasteiger partial charge in [-0.05, 0) is 74.1 Å². The van der Waals surface area contributed by atoms with Crippen molar-refractivity contribution in [3.05, 3.63) is 88.2 Å². The Morgan fingerprint density at radius 2 is 1.73 bits per heavy atom. The SMILES string of the molecule is Cc1cc(C=C2C(=O)NC(=S)NC2=O)c(C)n1-c1ccc(OCc2ccccc2C#N)cc1. The lowest BCUT2D eigenvalue weighted by atomic mass is 10.1. The lowest BCUT2D eigenvalue weighted by molar-refractivity contribution is -0.123. The summed E-state index contributed by atoms with van der Waals surface area (Å²) in [7, 11) is 0. The van der Waals surface area contributed by atoms with E-state index in [1.165, 1.54) is 0 Å². The number of amides is 2. The van der Waals surface area contributed by atoms with E-state index in [1.807, 2.05) is 66.9 Å². The lowest BCUT2D eigenvalue weighted by Gasteiger charge is -2.16. The highest BCUT2D eigenvalue weighted by Gasteiger charge is 2.26. The Hall–Kier alpha value is -4.22. The molecule has 0 atom stereocenters. The third-order valence-electron chi connectivity index (χ3n) is 5.34. The number of hydrogen-bond acceptors (Lipinski definition) is 5. The Kier molecular flexibility index (Phi) is 6.07. The van der Waals surface area contributed by atoms with E-state index in [4.69, 9.17) is 17.0 Å². The molecule has 33 heavy (non-hydrogen) atoms. The van der Waals surface area contributed by atoms with Crippen molar-refractivity contribution in [3.8, 4) is 17.5 Å². The normalized spacial score (nSPS) is 13.2. The van der Waals surface area contributed by atoms with E-state index < -0.39 is 11.8 Å². The van der Waals surface area contributed by atoms with Gasteiger partial charge in [0, 0.05) is 22.6 Å². The van der Waals surface area contributed by atoms with Gasteiger partial charge in [-0.25, -0.2) is 0 Å². The number of carbonyl (C=O) groups is 2. The second kappa shape index (κ2) is 9.10. The summed E-state index contributed by atoms with van der Waals surface area (Å²) < 4.78 is 7.89. The Bertz CT molecular complexity index is 1320. The topological polar surface area (TPSA) is 96.2 Å². The zero-order chi connectivity index (χ0) is 23.5. The number of nitrogens with zero attached hydrogens (tertiary/aromatic N) is 2. The Labute approximate surface area is 196 Å². The molecular formula is C25H20N4O3S. The molecule has 0 bridgehead atoms. The van der Waals surface area contributed by atoms with Gasteiger partial charge >= 0.3 is 0 Å². The van der Waals surface area contributed by atoms with Gasteiger partial charge in [0.15, 0.2) is 5.11 Å². The zero-order valence-electron chi connectivity index (χ0n) is 18.0. The molecular weight excluding hydrogens is 436 g/mol. The Balaban J connectivity index is 1.55. The summed E-state index contributed by atoms with van der Waals surface area (Å²) in [5.41, 5.74) is 4.93. The van der Waals surface area contributed by atoms with Crippen molar-refractivity contribution in [1.82, 2.24) is 15.2 Å². The lowest BCUT2D eigenvalue weighted by Crippen LogP contribution is -2.51. The van der Waals surface area contributed by atoms with Crippen LogP contribution in [-0.2, 0) is 16.2 Å². The third kappa shape index (κ3) is 4.54.